The van der Waals surface area contributed by atoms with Gasteiger partial charge in [-0.25, -0.2) is 9.59 Å². The fraction of sp³-hybridized carbons (Fsp3) is 0.800. The van der Waals surface area contributed by atoms with Crippen LogP contribution in [0.2, 0.25) is 0 Å². The maximum Gasteiger partial charge on any atom is 0.326 e. The van der Waals surface area contributed by atoms with Gasteiger partial charge in [-0.05, 0) is 32.6 Å². The highest BCUT2D eigenvalue weighted by Gasteiger charge is 2.33. The maximum atomic E-state index is 11.4. The topological polar surface area (TPSA) is 78.4 Å². The van der Waals surface area contributed by atoms with E-state index < -0.39 is 12.0 Å². The predicted molar refractivity (Wildman–Crippen MR) is 55.6 cm³/mol. The summed E-state index contributed by atoms with van der Waals surface area (Å²) in [7, 11) is 0. The molecule has 0 unspecified atom stereocenters. The van der Waals surface area contributed by atoms with Gasteiger partial charge in [0.1, 0.15) is 6.04 Å². The molecule has 0 aromatic carbocycles. The molecule has 0 saturated heterocycles. The summed E-state index contributed by atoms with van der Waals surface area (Å²) in [6.45, 7) is 3.70. The van der Waals surface area contributed by atoms with Gasteiger partial charge < -0.3 is 15.7 Å². The summed E-state index contributed by atoms with van der Waals surface area (Å²) >= 11 is 0. The monoisotopic (exact) mass is 214 g/mol. The minimum Gasteiger partial charge on any atom is -0.480 e. The Morgan fingerprint density at radius 3 is 2.40 bits per heavy atom. The summed E-state index contributed by atoms with van der Waals surface area (Å²) in [5, 5.41) is 14.0. The quantitative estimate of drug-likeness (QED) is 0.655. The van der Waals surface area contributed by atoms with Crippen LogP contribution in [-0.4, -0.2) is 28.7 Å². The van der Waals surface area contributed by atoms with E-state index in [2.05, 4.69) is 10.6 Å². The van der Waals surface area contributed by atoms with Gasteiger partial charge in [0.05, 0.1) is 0 Å². The summed E-state index contributed by atoms with van der Waals surface area (Å²) in [4.78, 5) is 22.1. The first kappa shape index (κ1) is 11.8. The molecule has 3 N–H and O–H groups in total. The van der Waals surface area contributed by atoms with Crippen LogP contribution >= 0.6 is 0 Å². The number of amides is 2. The smallest absolute Gasteiger partial charge is 0.326 e. The molecule has 1 fully saturated rings. The zero-order chi connectivity index (χ0) is 11.5. The summed E-state index contributed by atoms with van der Waals surface area (Å²) in [5.74, 6) is -0.994. The van der Waals surface area contributed by atoms with Gasteiger partial charge in [-0.15, -0.1) is 0 Å². The van der Waals surface area contributed by atoms with E-state index in [1.807, 2.05) is 6.92 Å². The van der Waals surface area contributed by atoms with Gasteiger partial charge in [-0.3, -0.25) is 0 Å². The second-order valence-corrected chi connectivity index (χ2v) is 4.31. The molecule has 0 aromatic rings. The number of carboxylic acid groups (broad SMARTS) is 1. The van der Waals surface area contributed by atoms with E-state index in [1.54, 1.807) is 6.92 Å². The van der Waals surface area contributed by atoms with Gasteiger partial charge >= 0.3 is 12.0 Å². The molecule has 0 aromatic heterocycles. The lowest BCUT2D eigenvalue weighted by Gasteiger charge is -2.39. The van der Waals surface area contributed by atoms with E-state index in [1.165, 1.54) is 0 Å². The number of carboxylic acids is 1. The predicted octanol–water partition coefficient (Wildman–Crippen LogP) is 1.09. The van der Waals surface area contributed by atoms with Crippen molar-refractivity contribution in [3.63, 3.8) is 0 Å². The van der Waals surface area contributed by atoms with Gasteiger partial charge in [0, 0.05) is 5.54 Å². The molecule has 0 spiro atoms. The Morgan fingerprint density at radius 2 is 2.07 bits per heavy atom. The number of carbonyl (C=O) groups excluding carboxylic acids is 1. The molecule has 1 atom stereocenters. The Balaban J connectivity index is 2.37. The Bertz CT molecular complexity index is 261. The van der Waals surface area contributed by atoms with Crippen molar-refractivity contribution in [3.05, 3.63) is 0 Å². The zero-order valence-electron chi connectivity index (χ0n) is 9.17. The van der Waals surface area contributed by atoms with Crippen molar-refractivity contribution < 1.29 is 14.7 Å². The van der Waals surface area contributed by atoms with Crippen LogP contribution in [0.25, 0.3) is 0 Å². The van der Waals surface area contributed by atoms with Crippen LogP contribution in [0.3, 0.4) is 0 Å². The highest BCUT2D eigenvalue weighted by Crippen LogP contribution is 2.30. The summed E-state index contributed by atoms with van der Waals surface area (Å²) in [5.41, 5.74) is -0.138. The number of urea groups is 1. The van der Waals surface area contributed by atoms with Gasteiger partial charge in [-0.2, -0.15) is 0 Å². The first-order valence-electron chi connectivity index (χ1n) is 5.28. The normalized spacial score (nSPS) is 19.9. The van der Waals surface area contributed by atoms with Crippen LogP contribution < -0.4 is 10.6 Å². The fourth-order valence-electron chi connectivity index (χ4n) is 1.64. The molecule has 0 radical (unpaired) electrons. The zero-order valence-corrected chi connectivity index (χ0v) is 9.17. The Labute approximate surface area is 89.2 Å². The number of aliphatic carboxylic acids is 1. The van der Waals surface area contributed by atoms with E-state index in [0.29, 0.717) is 6.42 Å². The van der Waals surface area contributed by atoms with Crippen LogP contribution in [0, 0.1) is 0 Å². The molecule has 5 heteroatoms. The average Bonchev–Trinajstić information content (AvgIpc) is 2.11. The molecular formula is C10H18N2O3. The second-order valence-electron chi connectivity index (χ2n) is 4.31. The lowest BCUT2D eigenvalue weighted by Crippen LogP contribution is -2.56. The Morgan fingerprint density at radius 1 is 1.47 bits per heavy atom. The number of hydrogen-bond donors (Lipinski definition) is 3. The van der Waals surface area contributed by atoms with Crippen LogP contribution in [0.1, 0.15) is 39.5 Å². The number of carbonyl (C=O) groups is 2. The first-order chi connectivity index (χ1) is 6.97. The van der Waals surface area contributed by atoms with Crippen LogP contribution in [0.5, 0.6) is 0 Å². The summed E-state index contributed by atoms with van der Waals surface area (Å²) in [6, 6.07) is -1.18. The molecule has 2 amide bonds. The SMILES string of the molecule is CC[C@H](NC(=O)NC1(C)CCC1)C(=O)O. The summed E-state index contributed by atoms with van der Waals surface area (Å²) < 4.78 is 0. The van der Waals surface area contributed by atoms with Crippen LogP contribution in [0.4, 0.5) is 4.79 Å². The molecule has 1 saturated carbocycles. The van der Waals surface area contributed by atoms with Crippen molar-refractivity contribution in [1.82, 2.24) is 10.6 Å². The molecule has 5 nitrogen and oxygen atoms in total. The molecule has 0 aliphatic heterocycles. The fourth-order valence-corrected chi connectivity index (χ4v) is 1.64. The molecule has 15 heavy (non-hydrogen) atoms. The van der Waals surface area contributed by atoms with Crippen molar-refractivity contribution in [2.45, 2.75) is 51.1 Å². The largest absolute Gasteiger partial charge is 0.480 e. The van der Waals surface area contributed by atoms with E-state index in [0.717, 1.165) is 19.3 Å². The van der Waals surface area contributed by atoms with Gasteiger partial charge in [0.25, 0.3) is 0 Å². The minimum atomic E-state index is -0.994. The third kappa shape index (κ3) is 3.11. The third-order valence-electron chi connectivity index (χ3n) is 2.88. The average molecular weight is 214 g/mol. The van der Waals surface area contributed by atoms with Crippen molar-refractivity contribution >= 4 is 12.0 Å². The number of nitrogens with one attached hydrogen (secondary N) is 2. The highest BCUT2D eigenvalue weighted by molar-refractivity contribution is 5.82. The Hall–Kier alpha value is -1.26. The van der Waals surface area contributed by atoms with Gasteiger partial charge in [0.2, 0.25) is 0 Å². The van der Waals surface area contributed by atoms with Gasteiger partial charge in [0.15, 0.2) is 0 Å². The molecule has 86 valence electrons. The molecular weight excluding hydrogens is 196 g/mol. The standard InChI is InChI=1S/C10H18N2O3/c1-3-7(8(13)14)11-9(15)12-10(2)5-4-6-10/h7H,3-6H2,1-2H3,(H,13,14)(H2,11,12,15)/t7-/m0/s1. The lowest BCUT2D eigenvalue weighted by atomic mass is 9.79. The van der Waals surface area contributed by atoms with E-state index >= 15 is 0 Å². The molecule has 0 bridgehead atoms. The molecule has 1 aliphatic rings. The Kier molecular flexibility index (Phi) is 3.55. The maximum absolute atomic E-state index is 11.4. The van der Waals surface area contributed by atoms with E-state index in [4.69, 9.17) is 5.11 Å². The molecule has 1 aliphatic carbocycles. The lowest BCUT2D eigenvalue weighted by molar-refractivity contribution is -0.139. The number of rotatable bonds is 4. The number of hydrogen-bond acceptors (Lipinski definition) is 2. The molecule has 0 heterocycles. The third-order valence-corrected chi connectivity index (χ3v) is 2.88. The van der Waals surface area contributed by atoms with E-state index in [9.17, 15) is 9.59 Å². The van der Waals surface area contributed by atoms with Crippen molar-refractivity contribution in [3.8, 4) is 0 Å². The van der Waals surface area contributed by atoms with Crippen LogP contribution in [-0.2, 0) is 4.79 Å². The second kappa shape index (κ2) is 4.51. The van der Waals surface area contributed by atoms with E-state index in [-0.39, 0.29) is 11.6 Å². The molecule has 1 rings (SSSR count). The van der Waals surface area contributed by atoms with Crippen molar-refractivity contribution in [1.29, 1.82) is 0 Å². The van der Waals surface area contributed by atoms with Gasteiger partial charge in [-0.1, -0.05) is 6.92 Å². The highest BCUT2D eigenvalue weighted by atomic mass is 16.4. The van der Waals surface area contributed by atoms with Crippen molar-refractivity contribution in [2.24, 2.45) is 0 Å². The van der Waals surface area contributed by atoms with Crippen molar-refractivity contribution in [2.75, 3.05) is 0 Å². The minimum absolute atomic E-state index is 0.138. The summed E-state index contributed by atoms with van der Waals surface area (Å²) in [6.07, 6.45) is 3.43. The first-order valence-corrected chi connectivity index (χ1v) is 5.28. The van der Waals surface area contributed by atoms with Crippen LogP contribution in [0.15, 0.2) is 0 Å².